The lowest BCUT2D eigenvalue weighted by Gasteiger charge is -2.14. The highest BCUT2D eigenvalue weighted by Crippen LogP contribution is 2.30. The molecule has 0 radical (unpaired) electrons. The summed E-state index contributed by atoms with van der Waals surface area (Å²) in [7, 11) is -3.16. The van der Waals surface area contributed by atoms with Crippen LogP contribution < -0.4 is 5.32 Å². The van der Waals surface area contributed by atoms with Crippen molar-refractivity contribution in [2.75, 3.05) is 30.5 Å². The molecule has 2 heterocycles. The molecule has 2 atom stereocenters. The van der Waals surface area contributed by atoms with Gasteiger partial charge >= 0.3 is 0 Å². The van der Waals surface area contributed by atoms with E-state index in [-0.39, 0.29) is 24.0 Å². The average molecular weight is 371 g/mol. The molecule has 3 rings (SSSR count). The third-order valence-corrected chi connectivity index (χ3v) is 5.40. The van der Waals surface area contributed by atoms with Gasteiger partial charge in [0.1, 0.15) is 15.9 Å². The third kappa shape index (κ3) is 3.96. The molecule has 1 unspecified atom stereocenters. The number of benzodiazepines with no additional fused rings is 1. The lowest BCUT2D eigenvalue weighted by Crippen LogP contribution is -2.28. The van der Waals surface area contributed by atoms with Crippen LogP contribution in [0.5, 0.6) is 0 Å². The SMILES string of the molecule is CS(=O)(=O)CC[C@H]1N=C(C2CCOC2)c2ccc(Cl)cc2NC1=O. The van der Waals surface area contributed by atoms with E-state index in [2.05, 4.69) is 10.3 Å². The number of hydrogen-bond acceptors (Lipinski definition) is 5. The van der Waals surface area contributed by atoms with Crippen LogP contribution in [0.15, 0.2) is 23.2 Å². The standard InChI is InChI=1S/C16H19ClN2O4S/c1-24(21,22)7-5-13-16(20)19-14-8-11(17)2-3-12(14)15(18-13)10-4-6-23-9-10/h2-3,8,10,13H,4-7,9H2,1H3,(H,19,20)/t10?,13-/m1/s1. The number of nitrogens with one attached hydrogen (secondary N) is 1. The minimum atomic E-state index is -3.16. The number of benzene rings is 1. The first-order valence-corrected chi connectivity index (χ1v) is 10.2. The zero-order valence-corrected chi connectivity index (χ0v) is 14.9. The molecule has 2 aliphatic heterocycles. The molecule has 8 heteroatoms. The first-order chi connectivity index (χ1) is 11.3. The number of nitrogens with zero attached hydrogens (tertiary/aromatic N) is 1. The molecule has 0 saturated carbocycles. The first-order valence-electron chi connectivity index (χ1n) is 7.77. The van der Waals surface area contributed by atoms with E-state index in [0.717, 1.165) is 24.0 Å². The van der Waals surface area contributed by atoms with Gasteiger partial charge in [0.15, 0.2) is 0 Å². The average Bonchev–Trinajstić information content (AvgIpc) is 2.97. The van der Waals surface area contributed by atoms with Crippen molar-refractivity contribution in [1.82, 2.24) is 0 Å². The summed E-state index contributed by atoms with van der Waals surface area (Å²) < 4.78 is 28.4. The van der Waals surface area contributed by atoms with Crippen LogP contribution >= 0.6 is 11.6 Å². The monoisotopic (exact) mass is 370 g/mol. The fourth-order valence-corrected chi connectivity index (χ4v) is 3.78. The molecule has 1 aromatic rings. The molecule has 6 nitrogen and oxygen atoms in total. The van der Waals surface area contributed by atoms with Crippen molar-refractivity contribution < 1.29 is 17.9 Å². The van der Waals surface area contributed by atoms with E-state index >= 15 is 0 Å². The van der Waals surface area contributed by atoms with E-state index in [9.17, 15) is 13.2 Å². The van der Waals surface area contributed by atoms with Gasteiger partial charge in [-0.1, -0.05) is 11.6 Å². The highest BCUT2D eigenvalue weighted by molar-refractivity contribution is 7.90. The Morgan fingerprint density at radius 3 is 2.88 bits per heavy atom. The minimum absolute atomic E-state index is 0.0832. The number of hydrogen-bond donors (Lipinski definition) is 1. The van der Waals surface area contributed by atoms with Crippen molar-refractivity contribution in [3.05, 3.63) is 28.8 Å². The zero-order chi connectivity index (χ0) is 17.3. The van der Waals surface area contributed by atoms with Crippen LogP contribution in [-0.4, -0.2) is 51.3 Å². The maximum atomic E-state index is 12.5. The first kappa shape index (κ1) is 17.4. The Bertz CT molecular complexity index is 785. The number of halogens is 1. The Morgan fingerprint density at radius 1 is 1.42 bits per heavy atom. The fraction of sp³-hybridized carbons (Fsp3) is 0.500. The second-order valence-electron chi connectivity index (χ2n) is 6.19. The van der Waals surface area contributed by atoms with Crippen molar-refractivity contribution in [2.45, 2.75) is 18.9 Å². The number of anilines is 1. The zero-order valence-electron chi connectivity index (χ0n) is 13.3. The molecule has 130 valence electrons. The van der Waals surface area contributed by atoms with Crippen molar-refractivity contribution in [3.8, 4) is 0 Å². The van der Waals surface area contributed by atoms with Crippen LogP contribution in [0.25, 0.3) is 0 Å². The highest BCUT2D eigenvalue weighted by atomic mass is 35.5. The van der Waals surface area contributed by atoms with Gasteiger partial charge in [-0.25, -0.2) is 8.42 Å². The Hall–Kier alpha value is -1.44. The molecule has 0 aliphatic carbocycles. The number of fused-ring (bicyclic) bond motifs is 1. The van der Waals surface area contributed by atoms with Gasteiger partial charge in [-0.2, -0.15) is 0 Å². The van der Waals surface area contributed by atoms with Gasteiger partial charge in [0, 0.05) is 29.4 Å². The van der Waals surface area contributed by atoms with Gasteiger partial charge in [-0.3, -0.25) is 9.79 Å². The van der Waals surface area contributed by atoms with Crippen LogP contribution in [-0.2, 0) is 19.4 Å². The van der Waals surface area contributed by atoms with Gasteiger partial charge in [-0.05, 0) is 31.0 Å². The molecule has 1 saturated heterocycles. The van der Waals surface area contributed by atoms with Gasteiger partial charge in [0.2, 0.25) is 5.91 Å². The second-order valence-corrected chi connectivity index (χ2v) is 8.88. The molecular formula is C16H19ClN2O4S. The Morgan fingerprint density at radius 2 is 2.21 bits per heavy atom. The predicted molar refractivity (Wildman–Crippen MR) is 93.7 cm³/mol. The van der Waals surface area contributed by atoms with Crippen LogP contribution in [0.2, 0.25) is 5.02 Å². The largest absolute Gasteiger partial charge is 0.381 e. The molecule has 1 N–H and O–H groups in total. The number of carbonyl (C=O) groups is 1. The smallest absolute Gasteiger partial charge is 0.249 e. The summed E-state index contributed by atoms with van der Waals surface area (Å²) in [5.41, 5.74) is 2.22. The summed E-state index contributed by atoms with van der Waals surface area (Å²) in [5.74, 6) is -0.297. The predicted octanol–water partition coefficient (Wildman–Crippen LogP) is 1.92. The summed E-state index contributed by atoms with van der Waals surface area (Å²) in [4.78, 5) is 17.1. The van der Waals surface area contributed by atoms with E-state index < -0.39 is 15.9 Å². The van der Waals surface area contributed by atoms with Crippen LogP contribution in [0, 0.1) is 5.92 Å². The molecule has 0 aromatic heterocycles. The fourth-order valence-electron chi connectivity index (χ4n) is 2.95. The molecule has 1 amide bonds. The summed E-state index contributed by atoms with van der Waals surface area (Å²) >= 11 is 6.05. The quantitative estimate of drug-likeness (QED) is 0.877. The second kappa shape index (κ2) is 6.82. The van der Waals surface area contributed by atoms with Gasteiger partial charge in [0.05, 0.1) is 23.8 Å². The topological polar surface area (TPSA) is 84.8 Å². The Balaban J connectivity index is 1.99. The van der Waals surface area contributed by atoms with Crippen molar-refractivity contribution in [1.29, 1.82) is 0 Å². The van der Waals surface area contributed by atoms with Crippen LogP contribution in [0.3, 0.4) is 0 Å². The van der Waals surface area contributed by atoms with Crippen molar-refractivity contribution in [3.63, 3.8) is 0 Å². The summed E-state index contributed by atoms with van der Waals surface area (Å²) in [6.07, 6.45) is 2.14. The number of amides is 1. The molecular weight excluding hydrogens is 352 g/mol. The van der Waals surface area contributed by atoms with E-state index in [4.69, 9.17) is 16.3 Å². The lowest BCUT2D eigenvalue weighted by atomic mass is 9.94. The number of ether oxygens (including phenoxy) is 1. The van der Waals surface area contributed by atoms with Crippen LogP contribution in [0.4, 0.5) is 5.69 Å². The summed E-state index contributed by atoms with van der Waals surface area (Å²) in [6.45, 7) is 1.20. The van der Waals surface area contributed by atoms with Crippen molar-refractivity contribution in [2.24, 2.45) is 10.9 Å². The van der Waals surface area contributed by atoms with E-state index in [1.165, 1.54) is 0 Å². The number of sulfone groups is 1. The Kier molecular flexibility index (Phi) is 4.94. The van der Waals surface area contributed by atoms with E-state index in [1.807, 2.05) is 6.07 Å². The summed E-state index contributed by atoms with van der Waals surface area (Å²) in [5, 5.41) is 3.35. The minimum Gasteiger partial charge on any atom is -0.381 e. The lowest BCUT2D eigenvalue weighted by molar-refractivity contribution is -0.117. The van der Waals surface area contributed by atoms with Gasteiger partial charge in [0.25, 0.3) is 0 Å². The maximum absolute atomic E-state index is 12.5. The van der Waals surface area contributed by atoms with Gasteiger partial charge < -0.3 is 10.1 Å². The van der Waals surface area contributed by atoms with E-state index in [0.29, 0.717) is 23.9 Å². The molecule has 1 fully saturated rings. The number of carbonyl (C=O) groups excluding carboxylic acids is 1. The van der Waals surface area contributed by atoms with Crippen LogP contribution in [0.1, 0.15) is 18.4 Å². The number of rotatable bonds is 4. The normalized spacial score (nSPS) is 24.1. The molecule has 0 bridgehead atoms. The molecule has 24 heavy (non-hydrogen) atoms. The Labute approximate surface area is 146 Å². The molecule has 1 aromatic carbocycles. The third-order valence-electron chi connectivity index (χ3n) is 4.19. The summed E-state index contributed by atoms with van der Waals surface area (Å²) in [6, 6.07) is 4.56. The number of aliphatic imine (C=N–C) groups is 1. The molecule has 2 aliphatic rings. The van der Waals surface area contributed by atoms with E-state index in [1.54, 1.807) is 12.1 Å². The van der Waals surface area contributed by atoms with Crippen molar-refractivity contribution >= 4 is 38.7 Å². The highest BCUT2D eigenvalue weighted by Gasteiger charge is 2.31. The maximum Gasteiger partial charge on any atom is 0.249 e. The van der Waals surface area contributed by atoms with Gasteiger partial charge in [-0.15, -0.1) is 0 Å². The molecule has 0 spiro atoms.